The van der Waals surface area contributed by atoms with Crippen LogP contribution in [0.25, 0.3) is 0 Å². The van der Waals surface area contributed by atoms with E-state index in [2.05, 4.69) is 11.9 Å². The number of pyridine rings is 1. The van der Waals surface area contributed by atoms with Gasteiger partial charge < -0.3 is 10.5 Å². The Hall–Kier alpha value is -0.450. The summed E-state index contributed by atoms with van der Waals surface area (Å²) in [5, 5.41) is 1.91. The van der Waals surface area contributed by atoms with Gasteiger partial charge in [-0.05, 0) is 19.4 Å². The van der Waals surface area contributed by atoms with E-state index in [9.17, 15) is 0 Å². The third-order valence-corrected chi connectivity index (χ3v) is 4.27. The van der Waals surface area contributed by atoms with Crippen molar-refractivity contribution in [3.05, 3.63) is 17.3 Å². The lowest BCUT2D eigenvalue weighted by Gasteiger charge is -2.13. The molecule has 1 fully saturated rings. The molecule has 1 aromatic heterocycles. The van der Waals surface area contributed by atoms with Gasteiger partial charge in [0, 0.05) is 11.9 Å². The van der Waals surface area contributed by atoms with Crippen LogP contribution in [-0.4, -0.2) is 22.9 Å². The lowest BCUT2D eigenvalue weighted by Crippen LogP contribution is -2.13. The predicted octanol–water partition coefficient (Wildman–Crippen LogP) is 2.59. The number of hydrogen-bond acceptors (Lipinski definition) is 4. The minimum atomic E-state index is 0.269. The van der Waals surface area contributed by atoms with Gasteiger partial charge in [-0.2, -0.15) is 0 Å². The number of halogens is 1. The molecule has 1 aliphatic heterocycles. The molecule has 2 rings (SSSR count). The Morgan fingerprint density at radius 1 is 1.67 bits per heavy atom. The summed E-state index contributed by atoms with van der Waals surface area (Å²) in [5.41, 5.74) is 6.18. The van der Waals surface area contributed by atoms with Crippen LogP contribution in [0.2, 0.25) is 5.02 Å². The molecule has 5 heteroatoms. The van der Waals surface area contributed by atoms with Gasteiger partial charge in [-0.25, -0.2) is 4.98 Å². The normalized spacial score (nSPS) is 25.7. The maximum absolute atomic E-state index is 6.05. The molecule has 0 amide bonds. The first-order chi connectivity index (χ1) is 7.16. The summed E-state index contributed by atoms with van der Waals surface area (Å²) < 4.78 is 5.48. The van der Waals surface area contributed by atoms with Crippen molar-refractivity contribution in [3.63, 3.8) is 0 Å². The minimum absolute atomic E-state index is 0.269. The van der Waals surface area contributed by atoms with E-state index in [1.54, 1.807) is 24.0 Å². The van der Waals surface area contributed by atoms with Gasteiger partial charge in [0.2, 0.25) is 0 Å². The second-order valence-electron chi connectivity index (χ2n) is 3.58. The number of ether oxygens (including phenoxy) is 1. The summed E-state index contributed by atoms with van der Waals surface area (Å²) >= 11 is 7.72. The molecule has 1 saturated heterocycles. The Morgan fingerprint density at radius 2 is 2.47 bits per heavy atom. The Kier molecular flexibility index (Phi) is 3.38. The number of anilines is 1. The van der Waals surface area contributed by atoms with Crippen LogP contribution in [0, 0.1) is 0 Å². The smallest absolute Gasteiger partial charge is 0.115 e. The van der Waals surface area contributed by atoms with Crippen LogP contribution in [0.15, 0.2) is 17.3 Å². The lowest BCUT2D eigenvalue weighted by molar-refractivity contribution is 0.127. The van der Waals surface area contributed by atoms with Crippen LogP contribution in [0.4, 0.5) is 5.69 Å². The van der Waals surface area contributed by atoms with Gasteiger partial charge in [0.1, 0.15) is 5.03 Å². The minimum Gasteiger partial charge on any atom is -0.397 e. The molecule has 2 atom stereocenters. The number of thioether (sulfide) groups is 1. The fraction of sp³-hybridized carbons (Fsp3) is 0.500. The van der Waals surface area contributed by atoms with Gasteiger partial charge >= 0.3 is 0 Å². The predicted molar refractivity (Wildman–Crippen MR) is 63.3 cm³/mol. The highest BCUT2D eigenvalue weighted by Crippen LogP contribution is 2.35. The van der Waals surface area contributed by atoms with Gasteiger partial charge in [0.05, 0.1) is 23.0 Å². The van der Waals surface area contributed by atoms with Crippen molar-refractivity contribution in [3.8, 4) is 0 Å². The molecule has 0 bridgehead atoms. The Bertz CT molecular complexity index is 361. The number of hydrogen-bond donors (Lipinski definition) is 1. The number of nitrogens with zero attached hydrogens (tertiary/aromatic N) is 1. The first kappa shape index (κ1) is 11.0. The zero-order valence-corrected chi connectivity index (χ0v) is 10.0. The molecular formula is C10H13ClN2OS. The highest BCUT2D eigenvalue weighted by Gasteiger charge is 2.26. The fourth-order valence-corrected chi connectivity index (χ4v) is 2.90. The third kappa shape index (κ3) is 2.56. The highest BCUT2D eigenvalue weighted by atomic mass is 35.5. The van der Waals surface area contributed by atoms with E-state index in [0.29, 0.717) is 16.0 Å². The molecule has 82 valence electrons. The SMILES string of the molecule is CC1OCCC1Sc1ncc(N)cc1Cl. The summed E-state index contributed by atoms with van der Waals surface area (Å²) in [7, 11) is 0. The van der Waals surface area contributed by atoms with Crippen molar-refractivity contribution in [1.82, 2.24) is 4.98 Å². The summed E-state index contributed by atoms with van der Waals surface area (Å²) in [6.07, 6.45) is 2.95. The van der Waals surface area contributed by atoms with E-state index in [1.165, 1.54) is 0 Å². The summed E-state index contributed by atoms with van der Waals surface area (Å²) in [6, 6.07) is 1.73. The quantitative estimate of drug-likeness (QED) is 0.869. The van der Waals surface area contributed by atoms with Gasteiger partial charge in [-0.1, -0.05) is 23.4 Å². The zero-order valence-electron chi connectivity index (χ0n) is 8.44. The van der Waals surface area contributed by atoms with E-state index < -0.39 is 0 Å². The van der Waals surface area contributed by atoms with Crippen LogP contribution in [0.3, 0.4) is 0 Å². The summed E-state index contributed by atoms with van der Waals surface area (Å²) in [4.78, 5) is 4.23. The van der Waals surface area contributed by atoms with Gasteiger partial charge in [0.15, 0.2) is 0 Å². The van der Waals surface area contributed by atoms with Crippen molar-refractivity contribution >= 4 is 29.1 Å². The van der Waals surface area contributed by atoms with Crippen LogP contribution in [0.5, 0.6) is 0 Å². The van der Waals surface area contributed by atoms with Crippen molar-refractivity contribution in [2.45, 2.75) is 29.7 Å². The van der Waals surface area contributed by atoms with Crippen LogP contribution < -0.4 is 5.73 Å². The van der Waals surface area contributed by atoms with Crippen LogP contribution >= 0.6 is 23.4 Å². The second-order valence-corrected chi connectivity index (χ2v) is 5.21. The molecule has 1 aromatic rings. The van der Waals surface area contributed by atoms with E-state index >= 15 is 0 Å². The average molecular weight is 245 g/mol. The molecule has 2 unspecified atom stereocenters. The molecule has 0 aliphatic carbocycles. The topological polar surface area (TPSA) is 48.1 Å². The van der Waals surface area contributed by atoms with E-state index in [1.807, 2.05) is 0 Å². The van der Waals surface area contributed by atoms with Crippen molar-refractivity contribution < 1.29 is 4.74 Å². The molecule has 2 heterocycles. The zero-order chi connectivity index (χ0) is 10.8. The van der Waals surface area contributed by atoms with E-state index in [0.717, 1.165) is 18.1 Å². The molecule has 0 aromatic carbocycles. The Labute approximate surface area is 98.3 Å². The van der Waals surface area contributed by atoms with Gasteiger partial charge in [-0.3, -0.25) is 0 Å². The number of aromatic nitrogens is 1. The first-order valence-corrected chi connectivity index (χ1v) is 6.12. The van der Waals surface area contributed by atoms with Crippen molar-refractivity contribution in [2.75, 3.05) is 12.3 Å². The Balaban J connectivity index is 2.10. The average Bonchev–Trinajstić information content (AvgIpc) is 2.57. The van der Waals surface area contributed by atoms with E-state index in [4.69, 9.17) is 22.1 Å². The standard InChI is InChI=1S/C10H13ClN2OS/c1-6-9(2-3-14-6)15-10-8(11)4-7(12)5-13-10/h4-6,9H,2-3,12H2,1H3. The number of nitrogens with two attached hydrogens (primary N) is 1. The molecule has 0 saturated carbocycles. The first-order valence-electron chi connectivity index (χ1n) is 4.86. The molecular weight excluding hydrogens is 232 g/mol. The van der Waals surface area contributed by atoms with Crippen molar-refractivity contribution in [2.24, 2.45) is 0 Å². The van der Waals surface area contributed by atoms with Gasteiger partial charge in [0.25, 0.3) is 0 Å². The van der Waals surface area contributed by atoms with Crippen LogP contribution in [-0.2, 0) is 4.74 Å². The molecule has 0 radical (unpaired) electrons. The largest absolute Gasteiger partial charge is 0.397 e. The monoisotopic (exact) mass is 244 g/mol. The Morgan fingerprint density at radius 3 is 3.07 bits per heavy atom. The third-order valence-electron chi connectivity index (χ3n) is 2.40. The highest BCUT2D eigenvalue weighted by molar-refractivity contribution is 8.00. The van der Waals surface area contributed by atoms with Gasteiger partial charge in [-0.15, -0.1) is 0 Å². The van der Waals surface area contributed by atoms with E-state index in [-0.39, 0.29) is 6.10 Å². The maximum atomic E-state index is 6.05. The van der Waals surface area contributed by atoms with Crippen molar-refractivity contribution in [1.29, 1.82) is 0 Å². The maximum Gasteiger partial charge on any atom is 0.115 e. The summed E-state index contributed by atoms with van der Waals surface area (Å²) in [6.45, 7) is 2.90. The molecule has 2 N–H and O–H groups in total. The lowest BCUT2D eigenvalue weighted by atomic mass is 10.3. The molecule has 1 aliphatic rings. The fourth-order valence-electron chi connectivity index (χ4n) is 1.54. The molecule has 0 spiro atoms. The summed E-state index contributed by atoms with van der Waals surface area (Å²) in [5.74, 6) is 0. The number of rotatable bonds is 2. The molecule has 15 heavy (non-hydrogen) atoms. The number of nitrogen functional groups attached to an aromatic ring is 1. The molecule has 3 nitrogen and oxygen atoms in total. The van der Waals surface area contributed by atoms with Crippen LogP contribution in [0.1, 0.15) is 13.3 Å². The second kappa shape index (κ2) is 4.60.